The average molecular weight is 273 g/mol. The Kier molecular flexibility index (Phi) is 3.28. The molecule has 104 valence electrons. The highest BCUT2D eigenvalue weighted by Crippen LogP contribution is 2.32. The summed E-state index contributed by atoms with van der Waals surface area (Å²) in [6, 6.07) is 7.61. The number of fused-ring (bicyclic) bond motifs is 1. The normalized spacial score (nSPS) is 12.3. The van der Waals surface area contributed by atoms with Gasteiger partial charge in [0.15, 0.2) is 11.5 Å². The maximum Gasteiger partial charge on any atom is 0.231 e. The highest BCUT2D eigenvalue weighted by atomic mass is 16.7. The average Bonchev–Trinajstić information content (AvgIpc) is 2.92. The molecule has 20 heavy (non-hydrogen) atoms. The molecule has 0 saturated carbocycles. The zero-order chi connectivity index (χ0) is 13.9. The van der Waals surface area contributed by atoms with Crippen LogP contribution in [-0.4, -0.2) is 23.9 Å². The lowest BCUT2D eigenvalue weighted by Gasteiger charge is -2.08. The van der Waals surface area contributed by atoms with Gasteiger partial charge in [0.05, 0.1) is 7.11 Å². The maximum absolute atomic E-state index is 5.35. The number of ether oxygens (including phenoxy) is 3. The minimum Gasteiger partial charge on any atom is -0.481 e. The summed E-state index contributed by atoms with van der Waals surface area (Å²) in [5, 5.41) is 3.17. The molecule has 1 aliphatic heterocycles. The van der Waals surface area contributed by atoms with Crippen molar-refractivity contribution in [2.45, 2.75) is 13.5 Å². The first-order valence-electron chi connectivity index (χ1n) is 6.26. The molecule has 1 aromatic heterocycles. The van der Waals surface area contributed by atoms with Gasteiger partial charge in [-0.2, -0.15) is 4.98 Å². The second kappa shape index (κ2) is 5.24. The van der Waals surface area contributed by atoms with Crippen molar-refractivity contribution in [1.29, 1.82) is 0 Å². The van der Waals surface area contributed by atoms with Crippen molar-refractivity contribution in [2.24, 2.45) is 0 Å². The van der Waals surface area contributed by atoms with Crippen molar-refractivity contribution in [1.82, 2.24) is 9.97 Å². The van der Waals surface area contributed by atoms with E-state index in [1.54, 1.807) is 13.2 Å². The zero-order valence-corrected chi connectivity index (χ0v) is 11.3. The van der Waals surface area contributed by atoms with Crippen molar-refractivity contribution in [3.8, 4) is 17.4 Å². The van der Waals surface area contributed by atoms with Gasteiger partial charge >= 0.3 is 0 Å². The highest BCUT2D eigenvalue weighted by molar-refractivity contribution is 5.45. The number of benzene rings is 1. The second-order valence-electron chi connectivity index (χ2n) is 4.42. The summed E-state index contributed by atoms with van der Waals surface area (Å²) in [5.41, 5.74) is 1.92. The zero-order valence-electron chi connectivity index (χ0n) is 11.3. The molecule has 0 unspecified atom stereocenters. The van der Waals surface area contributed by atoms with Crippen molar-refractivity contribution in [2.75, 3.05) is 19.2 Å². The van der Waals surface area contributed by atoms with Gasteiger partial charge < -0.3 is 19.5 Å². The van der Waals surface area contributed by atoms with Crippen LogP contribution in [0.4, 0.5) is 5.95 Å². The van der Waals surface area contributed by atoms with Gasteiger partial charge in [-0.1, -0.05) is 6.07 Å². The summed E-state index contributed by atoms with van der Waals surface area (Å²) >= 11 is 0. The number of aryl methyl sites for hydroxylation is 1. The van der Waals surface area contributed by atoms with Crippen LogP contribution in [0.25, 0.3) is 0 Å². The standard InChI is InChI=1S/C14H15N3O3/c1-9-5-13(18-2)17-14(16-9)15-7-10-3-4-11-12(6-10)20-8-19-11/h3-6H,7-8H2,1-2H3,(H,15,16,17). The van der Waals surface area contributed by atoms with Crippen LogP contribution in [0.5, 0.6) is 17.4 Å². The Morgan fingerprint density at radius 2 is 2.05 bits per heavy atom. The SMILES string of the molecule is COc1cc(C)nc(NCc2ccc3c(c2)OCO3)n1. The van der Waals surface area contributed by atoms with E-state index in [9.17, 15) is 0 Å². The van der Waals surface area contributed by atoms with E-state index in [0.29, 0.717) is 18.4 Å². The van der Waals surface area contributed by atoms with E-state index in [1.807, 2.05) is 25.1 Å². The summed E-state index contributed by atoms with van der Waals surface area (Å²) in [5.74, 6) is 2.64. The molecule has 0 spiro atoms. The van der Waals surface area contributed by atoms with Gasteiger partial charge in [0.25, 0.3) is 0 Å². The first-order chi connectivity index (χ1) is 9.74. The molecule has 0 saturated heterocycles. The lowest BCUT2D eigenvalue weighted by Crippen LogP contribution is -2.05. The number of nitrogens with one attached hydrogen (secondary N) is 1. The van der Waals surface area contributed by atoms with E-state index in [-0.39, 0.29) is 6.79 Å². The highest BCUT2D eigenvalue weighted by Gasteiger charge is 2.13. The third kappa shape index (κ3) is 2.59. The van der Waals surface area contributed by atoms with Crippen LogP contribution in [0.2, 0.25) is 0 Å². The molecular weight excluding hydrogens is 258 g/mol. The molecule has 0 bridgehead atoms. The molecule has 6 heteroatoms. The molecule has 0 radical (unpaired) electrons. The smallest absolute Gasteiger partial charge is 0.231 e. The van der Waals surface area contributed by atoms with E-state index in [2.05, 4.69) is 15.3 Å². The minimum atomic E-state index is 0.282. The predicted octanol–water partition coefficient (Wildman–Crippen LogP) is 2.13. The molecular formula is C14H15N3O3. The van der Waals surface area contributed by atoms with Gasteiger partial charge in [-0.15, -0.1) is 0 Å². The van der Waals surface area contributed by atoms with Gasteiger partial charge in [-0.05, 0) is 24.6 Å². The van der Waals surface area contributed by atoms with Crippen molar-refractivity contribution in [3.05, 3.63) is 35.5 Å². The first kappa shape index (κ1) is 12.5. The van der Waals surface area contributed by atoms with Gasteiger partial charge in [-0.3, -0.25) is 0 Å². The van der Waals surface area contributed by atoms with Crippen LogP contribution in [0.1, 0.15) is 11.3 Å². The molecule has 0 amide bonds. The number of hydrogen-bond acceptors (Lipinski definition) is 6. The number of aromatic nitrogens is 2. The van der Waals surface area contributed by atoms with E-state index >= 15 is 0 Å². The van der Waals surface area contributed by atoms with E-state index in [4.69, 9.17) is 14.2 Å². The lowest BCUT2D eigenvalue weighted by atomic mass is 10.2. The number of anilines is 1. The van der Waals surface area contributed by atoms with Gasteiger partial charge in [0.1, 0.15) is 0 Å². The summed E-state index contributed by atoms with van der Waals surface area (Å²) < 4.78 is 15.7. The largest absolute Gasteiger partial charge is 0.481 e. The van der Waals surface area contributed by atoms with E-state index < -0.39 is 0 Å². The molecule has 2 heterocycles. The maximum atomic E-state index is 5.35. The Balaban J connectivity index is 1.71. The summed E-state index contributed by atoms with van der Waals surface area (Å²) in [6.07, 6.45) is 0. The topological polar surface area (TPSA) is 65.5 Å². The quantitative estimate of drug-likeness (QED) is 0.920. The lowest BCUT2D eigenvalue weighted by molar-refractivity contribution is 0.174. The Hall–Kier alpha value is -2.50. The third-order valence-corrected chi connectivity index (χ3v) is 2.93. The van der Waals surface area contributed by atoms with Crippen LogP contribution in [0, 0.1) is 6.92 Å². The van der Waals surface area contributed by atoms with Crippen LogP contribution in [0.3, 0.4) is 0 Å². The fraction of sp³-hybridized carbons (Fsp3) is 0.286. The van der Waals surface area contributed by atoms with E-state index in [1.165, 1.54) is 0 Å². The van der Waals surface area contributed by atoms with Gasteiger partial charge in [0.2, 0.25) is 18.6 Å². The molecule has 0 fully saturated rings. The monoisotopic (exact) mass is 273 g/mol. The van der Waals surface area contributed by atoms with Gasteiger partial charge in [0, 0.05) is 18.3 Å². The fourth-order valence-corrected chi connectivity index (χ4v) is 1.96. The number of hydrogen-bond donors (Lipinski definition) is 1. The summed E-state index contributed by atoms with van der Waals surface area (Å²) in [7, 11) is 1.59. The predicted molar refractivity (Wildman–Crippen MR) is 73.2 cm³/mol. The molecule has 1 aromatic carbocycles. The molecule has 1 aliphatic rings. The van der Waals surface area contributed by atoms with Crippen molar-refractivity contribution < 1.29 is 14.2 Å². The Bertz CT molecular complexity index is 631. The Labute approximate surface area is 116 Å². The van der Waals surface area contributed by atoms with Crippen molar-refractivity contribution >= 4 is 5.95 Å². The summed E-state index contributed by atoms with van der Waals surface area (Å²) in [4.78, 5) is 8.55. The Morgan fingerprint density at radius 3 is 2.90 bits per heavy atom. The molecule has 0 aliphatic carbocycles. The molecule has 3 rings (SSSR count). The van der Waals surface area contributed by atoms with Crippen LogP contribution in [-0.2, 0) is 6.54 Å². The van der Waals surface area contributed by atoms with Crippen LogP contribution in [0.15, 0.2) is 24.3 Å². The van der Waals surface area contributed by atoms with Crippen molar-refractivity contribution in [3.63, 3.8) is 0 Å². The third-order valence-electron chi connectivity index (χ3n) is 2.93. The number of rotatable bonds is 4. The number of nitrogens with zero attached hydrogens (tertiary/aromatic N) is 2. The van der Waals surface area contributed by atoms with Crippen LogP contribution < -0.4 is 19.5 Å². The Morgan fingerprint density at radius 1 is 1.20 bits per heavy atom. The van der Waals surface area contributed by atoms with Crippen LogP contribution >= 0.6 is 0 Å². The minimum absolute atomic E-state index is 0.282. The second-order valence-corrected chi connectivity index (χ2v) is 4.42. The van der Waals surface area contributed by atoms with E-state index in [0.717, 1.165) is 22.8 Å². The molecule has 6 nitrogen and oxygen atoms in total. The molecule has 2 aromatic rings. The first-order valence-corrected chi connectivity index (χ1v) is 6.26. The fourth-order valence-electron chi connectivity index (χ4n) is 1.96. The van der Waals surface area contributed by atoms with Gasteiger partial charge in [-0.25, -0.2) is 4.98 Å². The molecule has 0 atom stereocenters. The summed E-state index contributed by atoms with van der Waals surface area (Å²) in [6.45, 7) is 2.78. The number of methoxy groups -OCH3 is 1. The molecule has 1 N–H and O–H groups in total.